The van der Waals surface area contributed by atoms with Crippen LogP contribution in [-0.4, -0.2) is 41.7 Å². The van der Waals surface area contributed by atoms with Crippen molar-refractivity contribution in [2.24, 2.45) is 0 Å². The van der Waals surface area contributed by atoms with Crippen LogP contribution in [-0.2, 0) is 6.54 Å². The van der Waals surface area contributed by atoms with Crippen LogP contribution in [0.2, 0.25) is 5.02 Å². The van der Waals surface area contributed by atoms with Crippen LogP contribution in [0.4, 0.5) is 0 Å². The first-order chi connectivity index (χ1) is 9.99. The molecule has 0 radical (unpaired) electrons. The Morgan fingerprint density at radius 3 is 2.38 bits per heavy atom. The molecule has 2 aromatic rings. The minimum Gasteiger partial charge on any atom is -0.351 e. The normalized spacial score (nSPS) is 13.5. The number of likely N-dealkylation sites (N-methyl/N-ethyl adjacent to an activating group) is 1. The highest BCUT2D eigenvalue weighted by atomic mass is 35.5. The molecule has 4 nitrogen and oxygen atoms in total. The molecule has 0 spiro atoms. The molecular weight excluding hydrogens is 288 g/mol. The molecule has 21 heavy (non-hydrogen) atoms. The molecule has 1 heterocycles. The number of aromatic nitrogens is 1. The van der Waals surface area contributed by atoms with Crippen molar-refractivity contribution in [1.29, 1.82) is 0 Å². The van der Waals surface area contributed by atoms with Crippen LogP contribution >= 0.6 is 11.6 Å². The summed E-state index contributed by atoms with van der Waals surface area (Å²) in [5.74, 6) is -0.306. The maximum Gasteiger partial charge on any atom is 0.197 e. The zero-order chi connectivity index (χ0) is 15.1. The van der Waals surface area contributed by atoms with Gasteiger partial charge in [-0.2, -0.15) is 0 Å². The molecule has 0 aliphatic heterocycles. The molecule has 0 amide bonds. The van der Waals surface area contributed by atoms with Gasteiger partial charge in [0.25, 0.3) is 0 Å². The predicted octanol–water partition coefficient (Wildman–Crippen LogP) is 2.48. The third kappa shape index (κ3) is 2.30. The Bertz CT molecular complexity index is 747. The molecule has 1 aliphatic carbocycles. The van der Waals surface area contributed by atoms with E-state index in [9.17, 15) is 9.59 Å². The summed E-state index contributed by atoms with van der Waals surface area (Å²) in [5.41, 5.74) is 1.63. The molecule has 0 unspecified atom stereocenters. The number of fused-ring (bicyclic) bond motifs is 2. The lowest BCUT2D eigenvalue weighted by atomic mass is 9.87. The highest BCUT2D eigenvalue weighted by Gasteiger charge is 2.32. The van der Waals surface area contributed by atoms with E-state index in [1.54, 1.807) is 30.6 Å². The number of carbonyl (C=O) groups is 2. The smallest absolute Gasteiger partial charge is 0.197 e. The summed E-state index contributed by atoms with van der Waals surface area (Å²) in [6.45, 7) is 1.56. The van der Waals surface area contributed by atoms with Gasteiger partial charge >= 0.3 is 0 Å². The number of ketones is 2. The van der Waals surface area contributed by atoms with E-state index in [-0.39, 0.29) is 11.6 Å². The van der Waals surface area contributed by atoms with Gasteiger partial charge in [0.1, 0.15) is 0 Å². The maximum atomic E-state index is 12.6. The Hall–Kier alpha value is -1.91. The summed E-state index contributed by atoms with van der Waals surface area (Å²) in [6.07, 6.45) is 3.49. The van der Waals surface area contributed by atoms with Crippen LogP contribution in [0.1, 0.15) is 31.8 Å². The average Bonchev–Trinajstić information content (AvgIpc) is 2.87. The number of nitrogens with zero attached hydrogens (tertiary/aromatic N) is 2. The van der Waals surface area contributed by atoms with Gasteiger partial charge in [-0.05, 0) is 20.2 Å². The van der Waals surface area contributed by atoms with Gasteiger partial charge in [0.2, 0.25) is 0 Å². The third-order valence-electron chi connectivity index (χ3n) is 3.66. The quantitative estimate of drug-likeness (QED) is 0.746. The van der Waals surface area contributed by atoms with Crippen LogP contribution in [0.3, 0.4) is 0 Å². The van der Waals surface area contributed by atoms with E-state index in [1.807, 2.05) is 23.6 Å². The Kier molecular flexibility index (Phi) is 3.43. The molecule has 0 saturated carbocycles. The minimum absolute atomic E-state index is 0.134. The number of benzene rings is 1. The van der Waals surface area contributed by atoms with Crippen molar-refractivity contribution in [3.05, 3.63) is 57.9 Å². The number of halogens is 1. The summed E-state index contributed by atoms with van der Waals surface area (Å²) < 4.78 is 1.89. The highest BCUT2D eigenvalue weighted by Crippen LogP contribution is 2.32. The van der Waals surface area contributed by atoms with Crippen molar-refractivity contribution in [1.82, 2.24) is 9.47 Å². The van der Waals surface area contributed by atoms with Gasteiger partial charge in [-0.25, -0.2) is 0 Å². The third-order valence-corrected chi connectivity index (χ3v) is 3.97. The number of carbonyl (C=O) groups excluding carboxylic acids is 2. The molecule has 108 valence electrons. The van der Waals surface area contributed by atoms with Gasteiger partial charge in [-0.1, -0.05) is 23.7 Å². The van der Waals surface area contributed by atoms with E-state index >= 15 is 0 Å². The molecule has 0 atom stereocenters. The van der Waals surface area contributed by atoms with Crippen molar-refractivity contribution in [3.63, 3.8) is 0 Å². The zero-order valence-corrected chi connectivity index (χ0v) is 12.6. The van der Waals surface area contributed by atoms with Gasteiger partial charge in [0.05, 0.1) is 21.7 Å². The van der Waals surface area contributed by atoms with Gasteiger partial charge < -0.3 is 9.47 Å². The Labute approximate surface area is 127 Å². The second-order valence-electron chi connectivity index (χ2n) is 5.45. The van der Waals surface area contributed by atoms with Crippen LogP contribution in [0.5, 0.6) is 0 Å². The Balaban J connectivity index is 2.05. The average molecular weight is 303 g/mol. The van der Waals surface area contributed by atoms with Gasteiger partial charge in [0, 0.05) is 31.0 Å². The van der Waals surface area contributed by atoms with Crippen LogP contribution in [0.15, 0.2) is 30.6 Å². The van der Waals surface area contributed by atoms with Gasteiger partial charge in [0.15, 0.2) is 11.6 Å². The molecule has 0 bridgehead atoms. The summed E-state index contributed by atoms with van der Waals surface area (Å²) >= 11 is 6.09. The van der Waals surface area contributed by atoms with E-state index in [2.05, 4.69) is 0 Å². The van der Waals surface area contributed by atoms with Crippen molar-refractivity contribution >= 4 is 23.2 Å². The van der Waals surface area contributed by atoms with E-state index in [1.165, 1.54) is 0 Å². The van der Waals surface area contributed by atoms with Crippen LogP contribution < -0.4 is 0 Å². The second-order valence-corrected chi connectivity index (χ2v) is 5.85. The Morgan fingerprint density at radius 1 is 1.05 bits per heavy atom. The van der Waals surface area contributed by atoms with E-state index in [0.29, 0.717) is 27.3 Å². The standard InChI is InChI=1S/C16H15ClN2O2/c1-18(2)6-7-19-8-11-12(9-19)16(21)14-10(15(11)20)4-3-5-13(14)17/h3-5,8-9H,6-7H2,1-2H3. The summed E-state index contributed by atoms with van der Waals surface area (Å²) in [7, 11) is 3.96. The summed E-state index contributed by atoms with van der Waals surface area (Å²) in [4.78, 5) is 27.1. The first kappa shape index (κ1) is 14.0. The largest absolute Gasteiger partial charge is 0.351 e. The molecule has 1 aromatic carbocycles. The van der Waals surface area contributed by atoms with Gasteiger partial charge in [-0.15, -0.1) is 0 Å². The maximum absolute atomic E-state index is 12.6. The molecular formula is C16H15ClN2O2. The molecule has 3 rings (SSSR count). The highest BCUT2D eigenvalue weighted by molar-refractivity contribution is 6.39. The van der Waals surface area contributed by atoms with E-state index in [4.69, 9.17) is 11.6 Å². The number of hydrogen-bond donors (Lipinski definition) is 0. The minimum atomic E-state index is -0.172. The fraction of sp³-hybridized carbons (Fsp3) is 0.250. The zero-order valence-electron chi connectivity index (χ0n) is 11.9. The molecule has 1 aliphatic rings. The lowest BCUT2D eigenvalue weighted by Crippen LogP contribution is -2.19. The lowest BCUT2D eigenvalue weighted by molar-refractivity contribution is 0.0980. The molecule has 1 aromatic heterocycles. The van der Waals surface area contributed by atoms with Crippen molar-refractivity contribution in [3.8, 4) is 0 Å². The fourth-order valence-corrected chi connectivity index (χ4v) is 2.80. The second kappa shape index (κ2) is 5.13. The monoisotopic (exact) mass is 302 g/mol. The molecule has 5 heteroatoms. The summed E-state index contributed by atoms with van der Waals surface area (Å²) in [5, 5.41) is 0.331. The van der Waals surface area contributed by atoms with Gasteiger partial charge in [-0.3, -0.25) is 9.59 Å². The SMILES string of the molecule is CN(C)CCn1cc2c(c1)C(=O)c1c(Cl)cccc1C2=O. The fourth-order valence-electron chi connectivity index (χ4n) is 2.54. The number of hydrogen-bond acceptors (Lipinski definition) is 3. The number of rotatable bonds is 3. The van der Waals surface area contributed by atoms with Crippen molar-refractivity contribution in [2.75, 3.05) is 20.6 Å². The van der Waals surface area contributed by atoms with E-state index < -0.39 is 0 Å². The molecule has 0 saturated heterocycles. The van der Waals surface area contributed by atoms with E-state index in [0.717, 1.165) is 13.1 Å². The Morgan fingerprint density at radius 2 is 1.71 bits per heavy atom. The lowest BCUT2D eigenvalue weighted by Gasteiger charge is -2.14. The summed E-state index contributed by atoms with van der Waals surface area (Å²) in [6, 6.07) is 4.99. The molecule has 0 fully saturated rings. The predicted molar refractivity (Wildman–Crippen MR) is 81.3 cm³/mol. The first-order valence-corrected chi connectivity index (χ1v) is 7.09. The molecule has 0 N–H and O–H groups in total. The first-order valence-electron chi connectivity index (χ1n) is 6.71. The van der Waals surface area contributed by atoms with Crippen LogP contribution in [0.25, 0.3) is 0 Å². The van der Waals surface area contributed by atoms with Crippen molar-refractivity contribution < 1.29 is 9.59 Å². The van der Waals surface area contributed by atoms with Crippen molar-refractivity contribution in [2.45, 2.75) is 6.54 Å². The van der Waals surface area contributed by atoms with Crippen LogP contribution in [0, 0.1) is 0 Å². The topological polar surface area (TPSA) is 42.3 Å².